The van der Waals surface area contributed by atoms with Crippen LogP contribution < -0.4 is 10.9 Å². The van der Waals surface area contributed by atoms with Gasteiger partial charge in [-0.25, -0.2) is 4.98 Å². The Balaban J connectivity index is 1.67. The second kappa shape index (κ2) is 6.87. The SMILES string of the molecule is Cc1cc(NC(=O)Cc2ccccc2)n(-c2nc3ccccc3c(=O)[nH]2)n1. The van der Waals surface area contributed by atoms with Crippen molar-refractivity contribution in [1.29, 1.82) is 0 Å². The summed E-state index contributed by atoms with van der Waals surface area (Å²) in [5, 5.41) is 7.70. The van der Waals surface area contributed by atoms with Crippen LogP contribution in [0.25, 0.3) is 16.9 Å². The van der Waals surface area contributed by atoms with E-state index in [2.05, 4.69) is 20.4 Å². The molecule has 0 aliphatic rings. The van der Waals surface area contributed by atoms with Crippen LogP contribution in [0.2, 0.25) is 0 Å². The van der Waals surface area contributed by atoms with Crippen molar-refractivity contribution < 1.29 is 4.79 Å². The highest BCUT2D eigenvalue weighted by Gasteiger charge is 2.14. The van der Waals surface area contributed by atoms with Gasteiger partial charge in [0.2, 0.25) is 11.9 Å². The van der Waals surface area contributed by atoms with Crippen molar-refractivity contribution >= 4 is 22.6 Å². The summed E-state index contributed by atoms with van der Waals surface area (Å²) in [6, 6.07) is 18.3. The van der Waals surface area contributed by atoms with Crippen LogP contribution in [0.4, 0.5) is 5.82 Å². The first kappa shape index (κ1) is 16.7. The lowest BCUT2D eigenvalue weighted by Gasteiger charge is -2.09. The van der Waals surface area contributed by atoms with E-state index in [4.69, 9.17) is 0 Å². The van der Waals surface area contributed by atoms with Crippen LogP contribution in [-0.2, 0) is 11.2 Å². The van der Waals surface area contributed by atoms with Crippen LogP contribution >= 0.6 is 0 Å². The molecule has 0 aliphatic heterocycles. The smallest absolute Gasteiger partial charge is 0.260 e. The lowest BCUT2D eigenvalue weighted by molar-refractivity contribution is -0.115. The Labute approximate surface area is 154 Å². The van der Waals surface area contributed by atoms with Crippen molar-refractivity contribution in [3.63, 3.8) is 0 Å². The molecule has 1 amide bonds. The Morgan fingerprint density at radius 2 is 1.85 bits per heavy atom. The fraction of sp³-hybridized carbons (Fsp3) is 0.100. The van der Waals surface area contributed by atoms with Gasteiger partial charge in [-0.15, -0.1) is 0 Å². The van der Waals surface area contributed by atoms with E-state index in [0.717, 1.165) is 5.56 Å². The predicted octanol–water partition coefficient (Wildman–Crippen LogP) is 2.60. The van der Waals surface area contributed by atoms with Crippen molar-refractivity contribution in [3.8, 4) is 5.95 Å². The van der Waals surface area contributed by atoms with Crippen LogP contribution in [-0.4, -0.2) is 25.7 Å². The number of amides is 1. The molecule has 0 atom stereocenters. The third kappa shape index (κ3) is 3.48. The van der Waals surface area contributed by atoms with E-state index in [9.17, 15) is 9.59 Å². The van der Waals surface area contributed by atoms with Gasteiger partial charge >= 0.3 is 0 Å². The third-order valence-electron chi connectivity index (χ3n) is 4.11. The minimum atomic E-state index is -0.259. The molecular formula is C20H17N5O2. The Kier molecular flexibility index (Phi) is 4.25. The van der Waals surface area contributed by atoms with Gasteiger partial charge < -0.3 is 5.32 Å². The lowest BCUT2D eigenvalue weighted by atomic mass is 10.1. The third-order valence-corrected chi connectivity index (χ3v) is 4.11. The molecule has 7 nitrogen and oxygen atoms in total. The Bertz CT molecular complexity index is 1180. The number of rotatable bonds is 4. The summed E-state index contributed by atoms with van der Waals surface area (Å²) in [5.74, 6) is 0.527. The zero-order chi connectivity index (χ0) is 18.8. The fourth-order valence-corrected chi connectivity index (χ4v) is 2.89. The number of anilines is 1. The molecule has 7 heteroatoms. The second-order valence-corrected chi connectivity index (χ2v) is 6.20. The number of hydrogen-bond acceptors (Lipinski definition) is 4. The number of aromatic amines is 1. The zero-order valence-corrected chi connectivity index (χ0v) is 14.6. The number of fused-ring (bicyclic) bond motifs is 1. The van der Waals surface area contributed by atoms with Gasteiger partial charge in [0.1, 0.15) is 5.82 Å². The van der Waals surface area contributed by atoms with E-state index in [-0.39, 0.29) is 23.8 Å². The molecule has 0 aliphatic carbocycles. The molecule has 0 radical (unpaired) electrons. The normalized spacial score (nSPS) is 10.9. The van der Waals surface area contributed by atoms with Gasteiger partial charge in [-0.2, -0.15) is 9.78 Å². The molecule has 0 spiro atoms. The minimum Gasteiger partial charge on any atom is -0.310 e. The van der Waals surface area contributed by atoms with E-state index in [1.165, 1.54) is 4.68 Å². The summed E-state index contributed by atoms with van der Waals surface area (Å²) < 4.78 is 1.44. The number of para-hydroxylation sites is 1. The summed E-state index contributed by atoms with van der Waals surface area (Å²) in [7, 11) is 0. The predicted molar refractivity (Wildman–Crippen MR) is 103 cm³/mol. The molecule has 2 heterocycles. The molecule has 4 rings (SSSR count). The highest BCUT2D eigenvalue weighted by molar-refractivity contribution is 5.91. The number of hydrogen-bond donors (Lipinski definition) is 2. The summed E-state index contributed by atoms with van der Waals surface area (Å²) in [5.41, 5.74) is 1.91. The van der Waals surface area contributed by atoms with Crippen LogP contribution in [0.1, 0.15) is 11.3 Å². The average molecular weight is 359 g/mol. The van der Waals surface area contributed by atoms with Gasteiger partial charge in [0.25, 0.3) is 5.56 Å². The maximum atomic E-state index is 12.4. The van der Waals surface area contributed by atoms with Crippen molar-refractivity contribution in [2.24, 2.45) is 0 Å². The molecule has 27 heavy (non-hydrogen) atoms. The van der Waals surface area contributed by atoms with E-state index in [1.807, 2.05) is 43.3 Å². The van der Waals surface area contributed by atoms with Gasteiger partial charge in [0.15, 0.2) is 0 Å². The highest BCUT2D eigenvalue weighted by atomic mass is 16.1. The van der Waals surface area contributed by atoms with Crippen molar-refractivity contribution in [3.05, 3.63) is 82.3 Å². The second-order valence-electron chi connectivity index (χ2n) is 6.20. The van der Waals surface area contributed by atoms with Crippen LogP contribution in [0.5, 0.6) is 0 Å². The van der Waals surface area contributed by atoms with Gasteiger partial charge in [-0.3, -0.25) is 14.6 Å². The van der Waals surface area contributed by atoms with E-state index >= 15 is 0 Å². The number of benzene rings is 2. The number of nitrogens with zero attached hydrogens (tertiary/aromatic N) is 3. The molecule has 0 unspecified atom stereocenters. The van der Waals surface area contributed by atoms with Gasteiger partial charge in [0, 0.05) is 6.07 Å². The Morgan fingerprint density at radius 3 is 2.67 bits per heavy atom. The van der Waals surface area contributed by atoms with Crippen LogP contribution in [0, 0.1) is 6.92 Å². The van der Waals surface area contributed by atoms with Gasteiger partial charge in [-0.05, 0) is 24.6 Å². The summed E-state index contributed by atoms with van der Waals surface area (Å²) >= 11 is 0. The first-order valence-corrected chi connectivity index (χ1v) is 8.50. The number of H-pyrrole nitrogens is 1. The zero-order valence-electron chi connectivity index (χ0n) is 14.6. The van der Waals surface area contributed by atoms with Crippen molar-refractivity contribution in [1.82, 2.24) is 19.7 Å². The maximum Gasteiger partial charge on any atom is 0.260 e. The first-order chi connectivity index (χ1) is 13.1. The molecular weight excluding hydrogens is 342 g/mol. The summed E-state index contributed by atoms with van der Waals surface area (Å²) in [4.78, 5) is 31.9. The number of aromatic nitrogens is 4. The standard InChI is InChI=1S/C20H17N5O2/c1-13-11-17(22-18(26)12-14-7-3-2-4-8-14)25(24-13)20-21-16-10-6-5-9-15(16)19(27)23-20/h2-11H,12H2,1H3,(H,22,26)(H,21,23,27). The quantitative estimate of drug-likeness (QED) is 0.586. The summed E-state index contributed by atoms with van der Waals surface area (Å²) in [6.45, 7) is 1.81. The van der Waals surface area contributed by atoms with Crippen LogP contribution in [0.15, 0.2) is 65.5 Å². The Hall–Kier alpha value is -3.74. The number of aryl methyl sites for hydroxylation is 1. The number of carbonyl (C=O) groups is 1. The molecule has 2 aromatic carbocycles. The first-order valence-electron chi connectivity index (χ1n) is 8.50. The molecule has 0 saturated heterocycles. The molecule has 0 bridgehead atoms. The molecule has 2 aromatic heterocycles. The monoisotopic (exact) mass is 359 g/mol. The minimum absolute atomic E-state index is 0.175. The summed E-state index contributed by atoms with van der Waals surface area (Å²) in [6.07, 6.45) is 0.243. The van der Waals surface area contributed by atoms with Gasteiger partial charge in [0.05, 0.1) is 23.0 Å². The highest BCUT2D eigenvalue weighted by Crippen LogP contribution is 2.16. The number of carbonyl (C=O) groups excluding carboxylic acids is 1. The van der Waals surface area contributed by atoms with Crippen LogP contribution in [0.3, 0.4) is 0 Å². The molecule has 4 aromatic rings. The van der Waals surface area contributed by atoms with Crippen molar-refractivity contribution in [2.45, 2.75) is 13.3 Å². The van der Waals surface area contributed by atoms with E-state index < -0.39 is 0 Å². The molecule has 0 fully saturated rings. The van der Waals surface area contributed by atoms with E-state index in [1.54, 1.807) is 24.3 Å². The molecule has 2 N–H and O–H groups in total. The lowest BCUT2D eigenvalue weighted by Crippen LogP contribution is -2.20. The topological polar surface area (TPSA) is 92.7 Å². The fourth-order valence-electron chi connectivity index (χ4n) is 2.89. The Morgan fingerprint density at radius 1 is 1.11 bits per heavy atom. The van der Waals surface area contributed by atoms with E-state index in [0.29, 0.717) is 22.4 Å². The largest absolute Gasteiger partial charge is 0.310 e. The van der Waals surface area contributed by atoms with Crippen molar-refractivity contribution in [2.75, 3.05) is 5.32 Å². The molecule has 134 valence electrons. The van der Waals surface area contributed by atoms with Gasteiger partial charge in [-0.1, -0.05) is 42.5 Å². The number of nitrogens with one attached hydrogen (secondary N) is 2. The molecule has 0 saturated carbocycles. The maximum absolute atomic E-state index is 12.4. The average Bonchev–Trinajstić information content (AvgIpc) is 3.02.